The van der Waals surface area contributed by atoms with Crippen molar-refractivity contribution in [2.24, 2.45) is 5.73 Å². The number of rotatable bonds is 5. The van der Waals surface area contributed by atoms with Crippen LogP contribution in [0.1, 0.15) is 19.3 Å². The molecule has 1 aliphatic heterocycles. The first-order valence-electron chi connectivity index (χ1n) is 4.97. The van der Waals surface area contributed by atoms with Crippen LogP contribution >= 0.6 is 11.8 Å². The Bertz CT molecular complexity index is 153. The van der Waals surface area contributed by atoms with Crippen LogP contribution in [0, 0.1) is 0 Å². The molecule has 13 heavy (non-hydrogen) atoms. The fourth-order valence-corrected chi connectivity index (χ4v) is 2.91. The molecule has 76 valence electrons. The highest BCUT2D eigenvalue weighted by molar-refractivity contribution is 7.99. The van der Waals surface area contributed by atoms with E-state index in [2.05, 4.69) is 11.9 Å². The maximum Gasteiger partial charge on any atom is 0.0395 e. The molecule has 1 aliphatic rings. The van der Waals surface area contributed by atoms with Crippen molar-refractivity contribution in [1.29, 1.82) is 0 Å². The van der Waals surface area contributed by atoms with Gasteiger partial charge in [-0.25, -0.2) is 0 Å². The van der Waals surface area contributed by atoms with Crippen LogP contribution in [0.2, 0.25) is 0 Å². The molecule has 3 heteroatoms. The minimum absolute atomic E-state index is 0.214. The lowest BCUT2D eigenvalue weighted by molar-refractivity contribution is 0.341. The largest absolute Gasteiger partial charge is 0.329 e. The number of hydrogen-bond donors (Lipinski definition) is 2. The Labute approximate surface area is 85.3 Å². The van der Waals surface area contributed by atoms with Gasteiger partial charge in [0.2, 0.25) is 0 Å². The molecule has 1 heterocycles. The highest BCUT2D eigenvalue weighted by Crippen LogP contribution is 2.25. The first kappa shape index (κ1) is 11.1. The Morgan fingerprint density at radius 1 is 1.62 bits per heavy atom. The summed E-state index contributed by atoms with van der Waals surface area (Å²) >= 11 is 2.02. The van der Waals surface area contributed by atoms with Gasteiger partial charge >= 0.3 is 0 Å². The zero-order chi connectivity index (χ0) is 9.57. The summed E-state index contributed by atoms with van der Waals surface area (Å²) in [5.41, 5.74) is 6.03. The monoisotopic (exact) mass is 200 g/mol. The van der Waals surface area contributed by atoms with E-state index in [4.69, 9.17) is 5.73 Å². The van der Waals surface area contributed by atoms with Crippen molar-refractivity contribution in [3.8, 4) is 0 Å². The Balaban J connectivity index is 2.33. The lowest BCUT2D eigenvalue weighted by Crippen LogP contribution is -2.55. The second kappa shape index (κ2) is 5.68. The molecule has 0 aliphatic carbocycles. The van der Waals surface area contributed by atoms with E-state index in [-0.39, 0.29) is 5.54 Å². The van der Waals surface area contributed by atoms with E-state index < -0.39 is 0 Å². The molecule has 0 aromatic heterocycles. The van der Waals surface area contributed by atoms with Gasteiger partial charge < -0.3 is 11.1 Å². The van der Waals surface area contributed by atoms with Gasteiger partial charge in [0.1, 0.15) is 0 Å². The van der Waals surface area contributed by atoms with Crippen LogP contribution in [-0.4, -0.2) is 30.1 Å². The fourth-order valence-electron chi connectivity index (χ4n) is 1.66. The molecule has 0 saturated carbocycles. The molecule has 2 nitrogen and oxygen atoms in total. The van der Waals surface area contributed by atoms with Crippen LogP contribution in [0.25, 0.3) is 0 Å². The third-order valence-corrected chi connectivity index (χ3v) is 3.90. The Hall–Kier alpha value is 0.0100. The zero-order valence-electron chi connectivity index (χ0n) is 8.22. The Kier molecular flexibility index (Phi) is 4.84. The minimum Gasteiger partial charge on any atom is -0.329 e. The van der Waals surface area contributed by atoms with Crippen molar-refractivity contribution in [3.05, 3.63) is 12.7 Å². The van der Waals surface area contributed by atoms with Crippen molar-refractivity contribution in [2.75, 3.05) is 24.6 Å². The summed E-state index contributed by atoms with van der Waals surface area (Å²) in [6.07, 6.45) is 5.51. The maximum atomic E-state index is 5.82. The van der Waals surface area contributed by atoms with Crippen molar-refractivity contribution < 1.29 is 0 Å². The average molecular weight is 200 g/mol. The van der Waals surface area contributed by atoms with E-state index in [0.717, 1.165) is 19.5 Å². The SMILES string of the molecule is C=CCCNC1(CN)CCCSC1. The van der Waals surface area contributed by atoms with Crippen LogP contribution in [0.15, 0.2) is 12.7 Å². The zero-order valence-corrected chi connectivity index (χ0v) is 9.04. The number of thioether (sulfide) groups is 1. The van der Waals surface area contributed by atoms with Gasteiger partial charge in [0.25, 0.3) is 0 Å². The van der Waals surface area contributed by atoms with E-state index in [1.165, 1.54) is 24.3 Å². The summed E-state index contributed by atoms with van der Waals surface area (Å²) in [5, 5.41) is 3.57. The lowest BCUT2D eigenvalue weighted by Gasteiger charge is -2.36. The lowest BCUT2D eigenvalue weighted by atomic mass is 9.95. The summed E-state index contributed by atoms with van der Waals surface area (Å²) in [7, 11) is 0. The van der Waals surface area contributed by atoms with Gasteiger partial charge in [0.15, 0.2) is 0 Å². The summed E-state index contributed by atoms with van der Waals surface area (Å²) in [6, 6.07) is 0. The second-order valence-electron chi connectivity index (χ2n) is 3.64. The highest BCUT2D eigenvalue weighted by Gasteiger charge is 2.29. The van der Waals surface area contributed by atoms with E-state index in [1.54, 1.807) is 0 Å². The topological polar surface area (TPSA) is 38.0 Å². The Morgan fingerprint density at radius 2 is 2.46 bits per heavy atom. The normalized spacial score (nSPS) is 28.7. The predicted octanol–water partition coefficient (Wildman–Crippen LogP) is 1.38. The van der Waals surface area contributed by atoms with Crippen LogP contribution in [-0.2, 0) is 0 Å². The molecular formula is C10H20N2S. The van der Waals surface area contributed by atoms with Gasteiger partial charge in [0.05, 0.1) is 0 Å². The molecule has 0 bridgehead atoms. The molecule has 0 amide bonds. The Morgan fingerprint density at radius 3 is 3.00 bits per heavy atom. The molecule has 3 N–H and O–H groups in total. The van der Waals surface area contributed by atoms with Crippen molar-refractivity contribution >= 4 is 11.8 Å². The number of hydrogen-bond acceptors (Lipinski definition) is 3. The summed E-state index contributed by atoms with van der Waals surface area (Å²) in [5.74, 6) is 2.46. The van der Waals surface area contributed by atoms with E-state index in [1.807, 2.05) is 17.8 Å². The standard InChI is InChI=1S/C10H20N2S/c1-2-3-6-12-10(8-11)5-4-7-13-9-10/h2,12H,1,3-9,11H2. The molecule has 0 aromatic carbocycles. The van der Waals surface area contributed by atoms with Crippen molar-refractivity contribution in [2.45, 2.75) is 24.8 Å². The molecule has 1 rings (SSSR count). The summed E-state index contributed by atoms with van der Waals surface area (Å²) in [6.45, 7) is 5.49. The molecule has 1 unspecified atom stereocenters. The molecule has 1 atom stereocenters. The van der Waals surface area contributed by atoms with E-state index in [0.29, 0.717) is 0 Å². The summed E-state index contributed by atoms with van der Waals surface area (Å²) < 4.78 is 0. The van der Waals surface area contributed by atoms with Crippen molar-refractivity contribution in [3.63, 3.8) is 0 Å². The van der Waals surface area contributed by atoms with Gasteiger partial charge in [-0.2, -0.15) is 11.8 Å². The molecule has 1 saturated heterocycles. The molecule has 0 aromatic rings. The number of nitrogens with two attached hydrogens (primary N) is 1. The second-order valence-corrected chi connectivity index (χ2v) is 4.75. The van der Waals surface area contributed by atoms with Crippen LogP contribution in [0.5, 0.6) is 0 Å². The smallest absolute Gasteiger partial charge is 0.0395 e. The quantitative estimate of drug-likeness (QED) is 0.520. The fraction of sp³-hybridized carbons (Fsp3) is 0.800. The highest BCUT2D eigenvalue weighted by atomic mass is 32.2. The predicted molar refractivity (Wildman–Crippen MR) is 61.2 cm³/mol. The molecular weight excluding hydrogens is 180 g/mol. The van der Waals surface area contributed by atoms with Gasteiger partial charge in [0, 0.05) is 17.8 Å². The molecule has 1 fully saturated rings. The average Bonchev–Trinajstić information content (AvgIpc) is 2.20. The van der Waals surface area contributed by atoms with Crippen LogP contribution in [0.3, 0.4) is 0 Å². The van der Waals surface area contributed by atoms with Crippen molar-refractivity contribution in [1.82, 2.24) is 5.32 Å². The van der Waals surface area contributed by atoms with Gasteiger partial charge in [-0.3, -0.25) is 0 Å². The van der Waals surface area contributed by atoms with Gasteiger partial charge in [-0.1, -0.05) is 6.08 Å². The first-order chi connectivity index (χ1) is 6.33. The van der Waals surface area contributed by atoms with Gasteiger partial charge in [-0.15, -0.1) is 6.58 Å². The third-order valence-electron chi connectivity index (χ3n) is 2.56. The molecule has 0 radical (unpaired) electrons. The van der Waals surface area contributed by atoms with Gasteiger partial charge in [-0.05, 0) is 31.6 Å². The van der Waals surface area contributed by atoms with E-state index >= 15 is 0 Å². The maximum absolute atomic E-state index is 5.82. The minimum atomic E-state index is 0.214. The van der Waals surface area contributed by atoms with Crippen LogP contribution in [0.4, 0.5) is 0 Å². The number of nitrogens with one attached hydrogen (secondary N) is 1. The van der Waals surface area contributed by atoms with Crippen LogP contribution < -0.4 is 11.1 Å². The third kappa shape index (κ3) is 3.33. The first-order valence-corrected chi connectivity index (χ1v) is 6.12. The van der Waals surface area contributed by atoms with E-state index in [9.17, 15) is 0 Å². The molecule has 0 spiro atoms. The summed E-state index contributed by atoms with van der Waals surface area (Å²) in [4.78, 5) is 0.